The Kier molecular flexibility index (Phi) is 4.19. The molecule has 0 saturated carbocycles. The molecule has 3 aromatic carbocycles. The Hall–Kier alpha value is -3.14. The Morgan fingerprint density at radius 1 is 0.815 bits per heavy atom. The number of rotatable bonds is 2. The fourth-order valence-corrected chi connectivity index (χ4v) is 3.92. The molecule has 4 rings (SSSR count). The SMILES string of the molecule is Cc1cc(C2c3ccc(O)c(C)c3OCC2c2ccc(O)cc2)ccc1O. The predicted molar refractivity (Wildman–Crippen MR) is 104 cm³/mol. The van der Waals surface area contributed by atoms with Gasteiger partial charge in [-0.1, -0.05) is 30.3 Å². The van der Waals surface area contributed by atoms with Gasteiger partial charge in [0.2, 0.25) is 0 Å². The molecule has 0 amide bonds. The maximum absolute atomic E-state index is 10.1. The molecule has 0 aromatic heterocycles. The molecule has 1 heterocycles. The molecule has 27 heavy (non-hydrogen) atoms. The molecular formula is C23H22O4. The molecule has 3 N–H and O–H groups in total. The highest BCUT2D eigenvalue weighted by Crippen LogP contribution is 2.49. The van der Waals surface area contributed by atoms with Crippen LogP contribution in [-0.4, -0.2) is 21.9 Å². The molecule has 1 aliphatic rings. The van der Waals surface area contributed by atoms with Gasteiger partial charge in [-0.15, -0.1) is 0 Å². The van der Waals surface area contributed by atoms with Gasteiger partial charge >= 0.3 is 0 Å². The summed E-state index contributed by atoms with van der Waals surface area (Å²) in [6.45, 7) is 4.21. The number of phenols is 3. The van der Waals surface area contributed by atoms with Crippen molar-refractivity contribution in [1.29, 1.82) is 0 Å². The van der Waals surface area contributed by atoms with Gasteiger partial charge in [0.1, 0.15) is 23.0 Å². The second kappa shape index (κ2) is 6.54. The maximum Gasteiger partial charge on any atom is 0.129 e. The van der Waals surface area contributed by atoms with Crippen molar-refractivity contribution in [2.45, 2.75) is 25.7 Å². The quantitative estimate of drug-likeness (QED) is 0.616. The van der Waals surface area contributed by atoms with E-state index in [1.54, 1.807) is 24.3 Å². The summed E-state index contributed by atoms with van der Waals surface area (Å²) in [6.07, 6.45) is 0. The minimum Gasteiger partial charge on any atom is -0.508 e. The van der Waals surface area contributed by atoms with Crippen LogP contribution in [0.15, 0.2) is 54.6 Å². The van der Waals surface area contributed by atoms with Crippen LogP contribution in [0.25, 0.3) is 0 Å². The van der Waals surface area contributed by atoms with Crippen LogP contribution in [0.2, 0.25) is 0 Å². The summed E-state index contributed by atoms with van der Waals surface area (Å²) in [5, 5.41) is 29.7. The average molecular weight is 362 g/mol. The second-order valence-electron chi connectivity index (χ2n) is 7.16. The maximum atomic E-state index is 10.1. The summed E-state index contributed by atoms with van der Waals surface area (Å²) in [6, 6.07) is 16.5. The van der Waals surface area contributed by atoms with E-state index in [4.69, 9.17) is 4.74 Å². The van der Waals surface area contributed by atoms with Crippen LogP contribution >= 0.6 is 0 Å². The van der Waals surface area contributed by atoms with Gasteiger partial charge in [0.15, 0.2) is 0 Å². The predicted octanol–water partition coefficient (Wildman–Crippen LogP) is 4.73. The van der Waals surface area contributed by atoms with Gasteiger partial charge in [0.25, 0.3) is 0 Å². The van der Waals surface area contributed by atoms with E-state index in [1.165, 1.54) is 0 Å². The van der Waals surface area contributed by atoms with Gasteiger partial charge in [-0.3, -0.25) is 0 Å². The highest BCUT2D eigenvalue weighted by atomic mass is 16.5. The summed E-state index contributed by atoms with van der Waals surface area (Å²) in [4.78, 5) is 0. The van der Waals surface area contributed by atoms with Crippen molar-refractivity contribution in [2.24, 2.45) is 0 Å². The highest BCUT2D eigenvalue weighted by Gasteiger charge is 2.35. The topological polar surface area (TPSA) is 69.9 Å². The smallest absolute Gasteiger partial charge is 0.129 e. The van der Waals surface area contributed by atoms with Crippen molar-refractivity contribution in [3.05, 3.63) is 82.4 Å². The molecule has 0 spiro atoms. The summed E-state index contributed by atoms with van der Waals surface area (Å²) in [7, 11) is 0. The Morgan fingerprint density at radius 2 is 1.48 bits per heavy atom. The molecule has 0 bridgehead atoms. The van der Waals surface area contributed by atoms with Crippen molar-refractivity contribution in [1.82, 2.24) is 0 Å². The Labute approximate surface area is 158 Å². The van der Waals surface area contributed by atoms with Gasteiger partial charge in [-0.25, -0.2) is 0 Å². The fourth-order valence-electron chi connectivity index (χ4n) is 3.92. The van der Waals surface area contributed by atoms with Crippen LogP contribution < -0.4 is 4.74 Å². The van der Waals surface area contributed by atoms with Gasteiger partial charge in [-0.2, -0.15) is 0 Å². The number of hydrogen-bond donors (Lipinski definition) is 3. The molecule has 3 aromatic rings. The molecule has 0 aliphatic carbocycles. The summed E-state index contributed by atoms with van der Waals surface area (Å²) in [5.74, 6) is 1.50. The van der Waals surface area contributed by atoms with E-state index in [1.807, 2.05) is 44.2 Å². The molecule has 4 heteroatoms. The number of ether oxygens (including phenoxy) is 1. The van der Waals surface area contributed by atoms with Gasteiger partial charge in [-0.05, 0) is 54.8 Å². The summed E-state index contributed by atoms with van der Waals surface area (Å²) < 4.78 is 6.07. The zero-order valence-corrected chi connectivity index (χ0v) is 15.3. The van der Waals surface area contributed by atoms with Gasteiger partial charge in [0.05, 0.1) is 6.61 Å². The van der Waals surface area contributed by atoms with Gasteiger partial charge < -0.3 is 20.1 Å². The van der Waals surface area contributed by atoms with E-state index >= 15 is 0 Å². The van der Waals surface area contributed by atoms with Crippen LogP contribution in [0, 0.1) is 13.8 Å². The molecule has 138 valence electrons. The van der Waals surface area contributed by atoms with Crippen molar-refractivity contribution < 1.29 is 20.1 Å². The number of phenolic OH excluding ortho intramolecular Hbond substituents is 3. The second-order valence-corrected chi connectivity index (χ2v) is 7.16. The molecule has 0 saturated heterocycles. The number of benzene rings is 3. The first kappa shape index (κ1) is 17.3. The summed E-state index contributed by atoms with van der Waals surface area (Å²) >= 11 is 0. The van der Waals surface area contributed by atoms with E-state index in [9.17, 15) is 15.3 Å². The lowest BCUT2D eigenvalue weighted by Gasteiger charge is -2.35. The number of aryl methyl sites for hydroxylation is 1. The lowest BCUT2D eigenvalue weighted by atomic mass is 9.75. The Balaban J connectivity index is 1.90. The van der Waals surface area contributed by atoms with Crippen LogP contribution in [0.5, 0.6) is 23.0 Å². The fraction of sp³-hybridized carbons (Fsp3) is 0.217. The lowest BCUT2D eigenvalue weighted by molar-refractivity contribution is 0.245. The monoisotopic (exact) mass is 362 g/mol. The van der Waals surface area contributed by atoms with Crippen molar-refractivity contribution in [2.75, 3.05) is 6.61 Å². The number of aromatic hydroxyl groups is 3. The van der Waals surface area contributed by atoms with Crippen molar-refractivity contribution in [3.63, 3.8) is 0 Å². The van der Waals surface area contributed by atoms with E-state index in [0.717, 1.165) is 33.6 Å². The zero-order valence-electron chi connectivity index (χ0n) is 15.3. The first-order chi connectivity index (χ1) is 13.0. The lowest BCUT2D eigenvalue weighted by Crippen LogP contribution is -2.25. The molecular weight excluding hydrogens is 340 g/mol. The Morgan fingerprint density at radius 3 is 2.19 bits per heavy atom. The number of fused-ring (bicyclic) bond motifs is 1. The van der Waals surface area contributed by atoms with E-state index in [0.29, 0.717) is 6.61 Å². The van der Waals surface area contributed by atoms with Crippen LogP contribution in [-0.2, 0) is 0 Å². The molecule has 0 radical (unpaired) electrons. The molecule has 0 fully saturated rings. The minimum atomic E-state index is 0.0110. The molecule has 2 unspecified atom stereocenters. The van der Waals surface area contributed by atoms with Crippen LogP contribution in [0.3, 0.4) is 0 Å². The van der Waals surface area contributed by atoms with Crippen LogP contribution in [0.4, 0.5) is 0 Å². The molecule has 1 aliphatic heterocycles. The number of hydrogen-bond acceptors (Lipinski definition) is 4. The standard InChI is InChI=1S/C23H22O4/c1-13-11-16(5-9-20(13)25)22-18-8-10-21(26)14(2)23(18)27-12-19(22)15-3-6-17(24)7-4-15/h3-11,19,22,24-26H,12H2,1-2H3. The minimum absolute atomic E-state index is 0.0110. The molecule has 4 nitrogen and oxygen atoms in total. The van der Waals surface area contributed by atoms with E-state index in [2.05, 4.69) is 0 Å². The average Bonchev–Trinajstić information content (AvgIpc) is 2.67. The largest absolute Gasteiger partial charge is 0.508 e. The summed E-state index contributed by atoms with van der Waals surface area (Å²) in [5.41, 5.74) is 4.72. The third-order valence-electron chi connectivity index (χ3n) is 5.45. The third-order valence-corrected chi connectivity index (χ3v) is 5.45. The Bertz CT molecular complexity index is 992. The van der Waals surface area contributed by atoms with E-state index < -0.39 is 0 Å². The highest BCUT2D eigenvalue weighted by molar-refractivity contribution is 5.56. The molecule has 2 atom stereocenters. The normalized spacial score (nSPS) is 18.6. The van der Waals surface area contributed by atoms with Crippen molar-refractivity contribution in [3.8, 4) is 23.0 Å². The first-order valence-electron chi connectivity index (χ1n) is 8.99. The third kappa shape index (κ3) is 2.97. The first-order valence-corrected chi connectivity index (χ1v) is 8.99. The van der Waals surface area contributed by atoms with Crippen molar-refractivity contribution >= 4 is 0 Å². The zero-order chi connectivity index (χ0) is 19.1. The van der Waals surface area contributed by atoms with E-state index in [-0.39, 0.29) is 29.1 Å². The van der Waals surface area contributed by atoms with Crippen LogP contribution in [0.1, 0.15) is 39.7 Å². The van der Waals surface area contributed by atoms with Gasteiger partial charge in [0, 0.05) is 23.0 Å².